The summed E-state index contributed by atoms with van der Waals surface area (Å²) >= 11 is 0. The van der Waals surface area contributed by atoms with Gasteiger partial charge in [0.25, 0.3) is 0 Å². The molecule has 0 saturated carbocycles. The zero-order valence-electron chi connectivity index (χ0n) is 10.1. The fourth-order valence-corrected chi connectivity index (χ4v) is 2.05. The molecule has 1 aliphatic rings. The van der Waals surface area contributed by atoms with Crippen LogP contribution in [0.3, 0.4) is 0 Å². The van der Waals surface area contributed by atoms with Crippen LogP contribution in [-0.4, -0.2) is 12.1 Å². The van der Waals surface area contributed by atoms with Crippen LogP contribution in [-0.2, 0) is 9.53 Å². The highest BCUT2D eigenvalue weighted by Crippen LogP contribution is 2.20. The number of cyclic esters (lactones) is 1. The minimum atomic E-state index is 0.0149. The molecule has 1 rings (SSSR count). The Morgan fingerprint density at radius 3 is 3.00 bits per heavy atom. The molecule has 2 heteroatoms. The van der Waals surface area contributed by atoms with Gasteiger partial charge >= 0.3 is 5.97 Å². The molecule has 0 amide bonds. The van der Waals surface area contributed by atoms with E-state index in [1.165, 1.54) is 19.3 Å². The number of ether oxygens (including phenoxy) is 1. The summed E-state index contributed by atoms with van der Waals surface area (Å²) in [5.74, 6) is 0.826. The van der Waals surface area contributed by atoms with Crippen LogP contribution in [0.4, 0.5) is 0 Å². The maximum absolute atomic E-state index is 11.2. The second-order valence-electron chi connectivity index (χ2n) is 4.80. The summed E-state index contributed by atoms with van der Waals surface area (Å²) in [5.41, 5.74) is 0. The van der Waals surface area contributed by atoms with Crippen molar-refractivity contribution in [3.8, 4) is 0 Å². The molecule has 0 radical (unpaired) electrons. The summed E-state index contributed by atoms with van der Waals surface area (Å²) in [4.78, 5) is 11.2. The molecule has 0 spiro atoms. The van der Waals surface area contributed by atoms with E-state index in [4.69, 9.17) is 4.74 Å². The van der Waals surface area contributed by atoms with E-state index in [1.807, 2.05) is 0 Å². The monoisotopic (exact) mass is 212 g/mol. The predicted molar refractivity (Wildman–Crippen MR) is 61.7 cm³/mol. The Morgan fingerprint density at radius 1 is 1.47 bits per heavy atom. The van der Waals surface area contributed by atoms with Crippen LogP contribution >= 0.6 is 0 Å². The Morgan fingerprint density at radius 2 is 2.27 bits per heavy atom. The summed E-state index contributed by atoms with van der Waals surface area (Å²) < 4.78 is 5.39. The fraction of sp³-hybridized carbons (Fsp3) is 0.923. The van der Waals surface area contributed by atoms with E-state index in [2.05, 4.69) is 13.8 Å². The maximum atomic E-state index is 11.2. The summed E-state index contributed by atoms with van der Waals surface area (Å²) in [6.07, 6.45) is 8.87. The van der Waals surface area contributed by atoms with E-state index in [0.29, 0.717) is 6.42 Å². The van der Waals surface area contributed by atoms with Gasteiger partial charge < -0.3 is 4.74 Å². The van der Waals surface area contributed by atoms with Crippen LogP contribution < -0.4 is 0 Å². The third-order valence-corrected chi connectivity index (χ3v) is 3.38. The molecule has 88 valence electrons. The first-order valence-corrected chi connectivity index (χ1v) is 6.41. The lowest BCUT2D eigenvalue weighted by Gasteiger charge is -2.15. The highest BCUT2D eigenvalue weighted by atomic mass is 16.5. The molecular weight excluding hydrogens is 188 g/mol. The van der Waals surface area contributed by atoms with E-state index in [0.717, 1.165) is 31.6 Å². The van der Waals surface area contributed by atoms with Crippen LogP contribution in [0.1, 0.15) is 65.2 Å². The lowest BCUT2D eigenvalue weighted by molar-refractivity contribution is -0.148. The molecule has 1 heterocycles. The average molecular weight is 212 g/mol. The van der Waals surface area contributed by atoms with Crippen molar-refractivity contribution < 1.29 is 9.53 Å². The van der Waals surface area contributed by atoms with Gasteiger partial charge in [-0.2, -0.15) is 0 Å². The van der Waals surface area contributed by atoms with Crippen molar-refractivity contribution in [2.75, 3.05) is 0 Å². The van der Waals surface area contributed by atoms with Gasteiger partial charge in [0.2, 0.25) is 0 Å². The standard InChI is InChI=1S/C13H24O2/c1-3-11(2)7-6-9-12-8-4-5-10-13(14)15-12/h11-12H,3-10H2,1-2H3/t11-,12+/m0/s1. The number of carbonyl (C=O) groups excluding carboxylic acids is 1. The molecule has 1 aliphatic heterocycles. The molecule has 1 saturated heterocycles. The third-order valence-electron chi connectivity index (χ3n) is 3.38. The smallest absolute Gasteiger partial charge is 0.306 e. The summed E-state index contributed by atoms with van der Waals surface area (Å²) in [6, 6.07) is 0. The second-order valence-corrected chi connectivity index (χ2v) is 4.80. The van der Waals surface area contributed by atoms with Crippen molar-refractivity contribution in [1.82, 2.24) is 0 Å². The van der Waals surface area contributed by atoms with Gasteiger partial charge in [0.1, 0.15) is 6.10 Å². The number of esters is 1. The fourth-order valence-electron chi connectivity index (χ4n) is 2.05. The van der Waals surface area contributed by atoms with E-state index in [1.54, 1.807) is 0 Å². The molecule has 0 aliphatic carbocycles. The van der Waals surface area contributed by atoms with Crippen molar-refractivity contribution in [3.63, 3.8) is 0 Å². The Bertz CT molecular complexity index is 189. The van der Waals surface area contributed by atoms with Gasteiger partial charge in [0.05, 0.1) is 0 Å². The first kappa shape index (κ1) is 12.5. The van der Waals surface area contributed by atoms with E-state index >= 15 is 0 Å². The molecule has 0 aromatic heterocycles. The number of hydrogen-bond donors (Lipinski definition) is 0. The molecule has 0 N–H and O–H groups in total. The Balaban J connectivity index is 2.16. The molecular formula is C13H24O2. The largest absolute Gasteiger partial charge is 0.462 e. The Kier molecular flexibility index (Phi) is 5.74. The molecule has 0 aromatic rings. The van der Waals surface area contributed by atoms with Gasteiger partial charge in [-0.25, -0.2) is 0 Å². The molecule has 2 nitrogen and oxygen atoms in total. The normalized spacial score (nSPS) is 24.4. The van der Waals surface area contributed by atoms with Crippen LogP contribution in [0.2, 0.25) is 0 Å². The zero-order chi connectivity index (χ0) is 11.1. The van der Waals surface area contributed by atoms with Gasteiger partial charge in [-0.05, 0) is 38.0 Å². The number of hydrogen-bond acceptors (Lipinski definition) is 2. The minimum Gasteiger partial charge on any atom is -0.462 e. The SMILES string of the molecule is CC[C@H](C)CCC[C@H]1CCCCC(=O)O1. The molecule has 15 heavy (non-hydrogen) atoms. The predicted octanol–water partition coefficient (Wildman–Crippen LogP) is 3.69. The third kappa shape index (κ3) is 5.19. The van der Waals surface area contributed by atoms with Crippen molar-refractivity contribution in [2.24, 2.45) is 5.92 Å². The topological polar surface area (TPSA) is 26.3 Å². The van der Waals surface area contributed by atoms with Crippen molar-refractivity contribution in [3.05, 3.63) is 0 Å². The van der Waals surface area contributed by atoms with Crippen LogP contribution in [0.25, 0.3) is 0 Å². The van der Waals surface area contributed by atoms with E-state index in [9.17, 15) is 4.79 Å². The molecule has 0 bridgehead atoms. The lowest BCUT2D eigenvalue weighted by Crippen LogP contribution is -2.15. The molecule has 1 fully saturated rings. The average Bonchev–Trinajstić information content (AvgIpc) is 2.42. The first-order chi connectivity index (χ1) is 7.22. The van der Waals surface area contributed by atoms with Crippen LogP contribution in [0.15, 0.2) is 0 Å². The molecule has 0 unspecified atom stereocenters. The van der Waals surface area contributed by atoms with Gasteiger partial charge in [-0.1, -0.05) is 26.7 Å². The van der Waals surface area contributed by atoms with E-state index in [-0.39, 0.29) is 12.1 Å². The van der Waals surface area contributed by atoms with Crippen LogP contribution in [0.5, 0.6) is 0 Å². The Hall–Kier alpha value is -0.530. The van der Waals surface area contributed by atoms with Gasteiger partial charge in [0.15, 0.2) is 0 Å². The maximum Gasteiger partial charge on any atom is 0.306 e. The van der Waals surface area contributed by atoms with Gasteiger partial charge in [-0.15, -0.1) is 0 Å². The highest BCUT2D eigenvalue weighted by molar-refractivity contribution is 5.69. The Labute approximate surface area is 93.4 Å². The first-order valence-electron chi connectivity index (χ1n) is 6.41. The molecule has 0 aromatic carbocycles. The number of carbonyl (C=O) groups is 1. The number of rotatable bonds is 5. The summed E-state index contributed by atoms with van der Waals surface area (Å²) in [7, 11) is 0. The summed E-state index contributed by atoms with van der Waals surface area (Å²) in [5, 5.41) is 0. The van der Waals surface area contributed by atoms with Gasteiger partial charge in [-0.3, -0.25) is 4.79 Å². The summed E-state index contributed by atoms with van der Waals surface area (Å²) in [6.45, 7) is 4.52. The minimum absolute atomic E-state index is 0.0149. The quantitative estimate of drug-likeness (QED) is 0.650. The van der Waals surface area contributed by atoms with Crippen molar-refractivity contribution in [1.29, 1.82) is 0 Å². The molecule has 2 atom stereocenters. The zero-order valence-corrected chi connectivity index (χ0v) is 10.1. The lowest BCUT2D eigenvalue weighted by atomic mass is 9.99. The second kappa shape index (κ2) is 6.86. The highest BCUT2D eigenvalue weighted by Gasteiger charge is 2.17. The van der Waals surface area contributed by atoms with Crippen LogP contribution in [0, 0.1) is 5.92 Å². The van der Waals surface area contributed by atoms with Gasteiger partial charge in [0, 0.05) is 6.42 Å². The van der Waals surface area contributed by atoms with E-state index < -0.39 is 0 Å². The van der Waals surface area contributed by atoms with Crippen molar-refractivity contribution >= 4 is 5.97 Å². The van der Waals surface area contributed by atoms with Crippen molar-refractivity contribution in [2.45, 2.75) is 71.3 Å².